The van der Waals surface area contributed by atoms with E-state index in [1.54, 1.807) is 0 Å². The van der Waals surface area contributed by atoms with Crippen LogP contribution in [-0.4, -0.2) is 38.6 Å². The van der Waals surface area contributed by atoms with E-state index < -0.39 is 0 Å². The number of rotatable bonds is 4. The fourth-order valence-electron chi connectivity index (χ4n) is 6.97. The van der Waals surface area contributed by atoms with Crippen molar-refractivity contribution >= 4 is 5.97 Å². The number of esters is 1. The zero-order chi connectivity index (χ0) is 48.1. The molecule has 3 aliphatic rings. The first-order valence-corrected chi connectivity index (χ1v) is 24.4. The van der Waals surface area contributed by atoms with Gasteiger partial charge in [0.25, 0.3) is 0 Å². The van der Waals surface area contributed by atoms with Crippen molar-refractivity contribution in [2.24, 2.45) is 29.6 Å². The van der Waals surface area contributed by atoms with E-state index in [4.69, 9.17) is 9.47 Å². The summed E-state index contributed by atoms with van der Waals surface area (Å²) in [7, 11) is 0. The van der Waals surface area contributed by atoms with Gasteiger partial charge in [-0.05, 0) is 114 Å². The van der Waals surface area contributed by atoms with E-state index in [1.165, 1.54) is 79.2 Å². The molecule has 0 amide bonds. The first-order valence-electron chi connectivity index (χ1n) is 24.4. The van der Waals surface area contributed by atoms with Gasteiger partial charge in [0.2, 0.25) is 0 Å². The maximum Gasteiger partial charge on any atom is 0.309 e. The number of nitrogens with zero attached hydrogens (tertiary/aromatic N) is 4. The largest absolute Gasteiger partial charge is 0.490 e. The van der Waals surface area contributed by atoms with E-state index in [0.29, 0.717) is 6.61 Å². The minimum atomic E-state index is -0.111. The van der Waals surface area contributed by atoms with Crippen LogP contribution in [-0.2, 0) is 16.0 Å². The Morgan fingerprint density at radius 2 is 0.785 bits per heavy atom. The highest BCUT2D eigenvalue weighted by Crippen LogP contribution is 2.28. The van der Waals surface area contributed by atoms with Crippen LogP contribution in [0, 0.1) is 85.0 Å². The van der Waals surface area contributed by atoms with Crippen LogP contribution in [0.3, 0.4) is 0 Å². The van der Waals surface area contributed by atoms with E-state index in [0.717, 1.165) is 65.0 Å². The van der Waals surface area contributed by atoms with Crippen molar-refractivity contribution in [3.63, 3.8) is 0 Å². The molecule has 1 saturated heterocycles. The molecular weight excluding hydrogens is 801 g/mol. The number of benzene rings is 3. The molecule has 356 valence electrons. The van der Waals surface area contributed by atoms with Crippen LogP contribution >= 0.6 is 0 Å². The fraction of sp³-hybridized carbons (Fsp3) is 0.534. The Morgan fingerprint density at radius 3 is 1.03 bits per heavy atom. The van der Waals surface area contributed by atoms with Gasteiger partial charge < -0.3 is 9.47 Å². The average Bonchev–Trinajstić information content (AvgIpc) is 3.63. The molecular formula is C58H86N4O3. The van der Waals surface area contributed by atoms with Crippen LogP contribution in [0.5, 0.6) is 5.75 Å². The summed E-state index contributed by atoms with van der Waals surface area (Å²) in [5.41, 5.74) is 8.82. The molecule has 7 nitrogen and oxygen atoms in total. The van der Waals surface area contributed by atoms with E-state index in [2.05, 4.69) is 143 Å². The molecule has 0 radical (unpaired) electrons. The monoisotopic (exact) mass is 887 g/mol. The van der Waals surface area contributed by atoms with Crippen LogP contribution < -0.4 is 4.74 Å². The van der Waals surface area contributed by atoms with Crippen LogP contribution in [0.1, 0.15) is 150 Å². The maximum absolute atomic E-state index is 11.2. The van der Waals surface area contributed by atoms with Crippen molar-refractivity contribution in [3.8, 4) is 5.75 Å². The molecule has 1 aliphatic heterocycles. The second kappa shape index (κ2) is 31.9. The highest BCUT2D eigenvalue weighted by atomic mass is 16.6. The van der Waals surface area contributed by atoms with Crippen LogP contribution in [0.2, 0.25) is 0 Å². The zero-order valence-electron chi connectivity index (χ0n) is 43.0. The predicted octanol–water partition coefficient (Wildman–Crippen LogP) is 15.0. The number of ether oxygens (including phenoxy) is 2. The van der Waals surface area contributed by atoms with Gasteiger partial charge in [-0.25, -0.2) is 19.9 Å². The van der Waals surface area contributed by atoms with Crippen molar-refractivity contribution in [3.05, 3.63) is 148 Å². The molecule has 8 rings (SSSR count). The molecule has 0 N–H and O–H groups in total. The minimum Gasteiger partial charge on any atom is -0.490 e. The Labute approximate surface area is 396 Å². The standard InChI is InChI=1S/C14H18O3.2C8H16.2C8H10.2C6H8N2/c1-3-11-4-6-12(7-5-11)16-9-13-8-10(2)14(15)17-13;4*1-7-3-5-8(2)6-4-7;2*1-5-3-7-6(2)8-4-5/h4-7,10,13H,3,8-9H2,1-2H3;2*7-8H,3-6H2,1-2H3;2*3-6H,1-2H3;2*3-4H,1-2H3. The van der Waals surface area contributed by atoms with Crippen molar-refractivity contribution in [1.82, 2.24) is 19.9 Å². The molecule has 2 aromatic heterocycles. The lowest BCUT2D eigenvalue weighted by Gasteiger charge is -2.22. The minimum absolute atomic E-state index is 0.00562. The van der Waals surface area contributed by atoms with Crippen LogP contribution in [0.4, 0.5) is 0 Å². The molecule has 7 heteroatoms. The smallest absolute Gasteiger partial charge is 0.309 e. The lowest BCUT2D eigenvalue weighted by molar-refractivity contribution is -0.144. The number of aromatic nitrogens is 4. The van der Waals surface area contributed by atoms with Gasteiger partial charge in [0.05, 0.1) is 5.92 Å². The highest BCUT2D eigenvalue weighted by Gasteiger charge is 2.31. The predicted molar refractivity (Wildman–Crippen MR) is 273 cm³/mol. The SMILES string of the molecule is CC1CCC(C)CC1.CC1CCC(C)CC1.CCc1ccc(OCC2CC(C)C(=O)O2)cc1.Cc1ccc(C)cc1.Cc1ccc(C)cc1.Cc1cnc(C)nc1.Cc1cnc(C)nc1. The number of cyclic esters (lactones) is 1. The molecule has 2 aliphatic carbocycles. The molecule has 2 unspecified atom stereocenters. The third kappa shape index (κ3) is 27.2. The average molecular weight is 887 g/mol. The third-order valence-corrected chi connectivity index (χ3v) is 11.9. The normalized spacial score (nSPS) is 20.5. The van der Waals surface area contributed by atoms with Gasteiger partial charge in [0, 0.05) is 31.2 Å². The number of hydrogen-bond donors (Lipinski definition) is 0. The van der Waals surface area contributed by atoms with Gasteiger partial charge >= 0.3 is 5.97 Å². The van der Waals surface area contributed by atoms with E-state index in [1.807, 2.05) is 71.5 Å². The first kappa shape index (κ1) is 56.2. The topological polar surface area (TPSA) is 87.1 Å². The van der Waals surface area contributed by atoms with Crippen molar-refractivity contribution < 1.29 is 14.3 Å². The van der Waals surface area contributed by atoms with Gasteiger partial charge in [-0.15, -0.1) is 0 Å². The third-order valence-electron chi connectivity index (χ3n) is 11.9. The summed E-state index contributed by atoms with van der Waals surface area (Å²) in [4.78, 5) is 27.1. The lowest BCUT2D eigenvalue weighted by Crippen LogP contribution is -2.17. The van der Waals surface area contributed by atoms with Crippen LogP contribution in [0.25, 0.3) is 0 Å². The van der Waals surface area contributed by atoms with Gasteiger partial charge in [0.1, 0.15) is 30.1 Å². The molecule has 3 aromatic carbocycles. The summed E-state index contributed by atoms with van der Waals surface area (Å²) in [6.07, 6.45) is 20.7. The summed E-state index contributed by atoms with van der Waals surface area (Å²) >= 11 is 0. The number of carbonyl (C=O) groups excluding carboxylic acids is 1. The van der Waals surface area contributed by atoms with Crippen molar-refractivity contribution in [2.45, 2.75) is 167 Å². The van der Waals surface area contributed by atoms with Crippen LogP contribution in [0.15, 0.2) is 97.6 Å². The molecule has 3 heterocycles. The molecule has 2 atom stereocenters. The van der Waals surface area contributed by atoms with Gasteiger partial charge in [0.15, 0.2) is 0 Å². The van der Waals surface area contributed by atoms with Gasteiger partial charge in [-0.2, -0.15) is 0 Å². The Hall–Kier alpha value is -4.91. The molecule has 3 fully saturated rings. The summed E-state index contributed by atoms with van der Waals surface area (Å²) in [6, 6.07) is 25.0. The maximum atomic E-state index is 11.2. The number of carbonyl (C=O) groups is 1. The Balaban J connectivity index is 0.000000268. The Kier molecular flexibility index (Phi) is 27.6. The summed E-state index contributed by atoms with van der Waals surface area (Å²) in [5, 5.41) is 0. The Morgan fingerprint density at radius 1 is 0.477 bits per heavy atom. The molecule has 2 saturated carbocycles. The van der Waals surface area contributed by atoms with E-state index in [-0.39, 0.29) is 18.0 Å². The van der Waals surface area contributed by atoms with Crippen molar-refractivity contribution in [1.29, 1.82) is 0 Å². The fourth-order valence-corrected chi connectivity index (χ4v) is 6.97. The van der Waals surface area contributed by atoms with Crippen molar-refractivity contribution in [2.75, 3.05) is 6.61 Å². The molecule has 0 bridgehead atoms. The van der Waals surface area contributed by atoms with Gasteiger partial charge in [-0.1, -0.05) is 176 Å². The quantitative estimate of drug-likeness (QED) is 0.166. The zero-order valence-corrected chi connectivity index (χ0v) is 43.0. The first-order chi connectivity index (χ1) is 30.9. The summed E-state index contributed by atoms with van der Waals surface area (Å²) in [5.74, 6) is 6.46. The summed E-state index contributed by atoms with van der Waals surface area (Å²) < 4.78 is 10.8. The van der Waals surface area contributed by atoms with E-state index >= 15 is 0 Å². The molecule has 5 aromatic rings. The molecule has 0 spiro atoms. The number of hydrogen-bond acceptors (Lipinski definition) is 7. The Bertz CT molecular complexity index is 1650. The number of aryl methyl sites for hydroxylation is 9. The second-order valence-electron chi connectivity index (χ2n) is 19.2. The second-order valence-corrected chi connectivity index (χ2v) is 19.2. The lowest BCUT2D eigenvalue weighted by atomic mass is 9.84. The molecule has 65 heavy (non-hydrogen) atoms. The summed E-state index contributed by atoms with van der Waals surface area (Å²) in [6.45, 7) is 30.0. The highest BCUT2D eigenvalue weighted by molar-refractivity contribution is 5.74. The van der Waals surface area contributed by atoms with E-state index in [9.17, 15) is 4.79 Å². The van der Waals surface area contributed by atoms with Gasteiger partial charge in [-0.3, -0.25) is 4.79 Å².